The van der Waals surface area contributed by atoms with Crippen LogP contribution >= 0.6 is 24.0 Å². The third-order valence-electron chi connectivity index (χ3n) is 4.54. The van der Waals surface area contributed by atoms with Gasteiger partial charge in [0.2, 0.25) is 0 Å². The van der Waals surface area contributed by atoms with E-state index in [1.165, 1.54) is 30.4 Å². The second-order valence-corrected chi connectivity index (χ2v) is 6.20. The second kappa shape index (κ2) is 7.81. The summed E-state index contributed by atoms with van der Waals surface area (Å²) in [5.41, 5.74) is 9.82. The summed E-state index contributed by atoms with van der Waals surface area (Å²) in [4.78, 5) is 4.60. The van der Waals surface area contributed by atoms with Crippen LogP contribution < -0.4 is 11.1 Å². The summed E-state index contributed by atoms with van der Waals surface area (Å²) in [6.07, 6.45) is 3.66. The minimum Gasteiger partial charge on any atom is -0.370 e. The molecule has 1 aliphatic rings. The molecule has 0 unspecified atom stereocenters. The van der Waals surface area contributed by atoms with E-state index in [1.54, 1.807) is 0 Å². The number of nitrogens with one attached hydrogen (secondary N) is 1. The maximum absolute atomic E-state index is 6.06. The molecule has 0 amide bonds. The second-order valence-electron chi connectivity index (χ2n) is 6.20. The lowest BCUT2D eigenvalue weighted by molar-refractivity contribution is 0.254. The number of nitrogens with zero attached hydrogens (tertiary/aromatic N) is 1. The standard InChI is InChI=1S/C19H23N3.HI/c1-15-7-5-10-17(13-15)22-18(20)21-14-19(11-6-12-19)16-8-3-2-4-9-16;/h2-5,7-10,13H,6,11-12,14H2,1H3,(H3,20,21,22);1H. The Kier molecular flexibility index (Phi) is 6.04. The Hall–Kier alpha value is -1.56. The van der Waals surface area contributed by atoms with Gasteiger partial charge in [0.05, 0.1) is 6.54 Å². The van der Waals surface area contributed by atoms with Crippen LogP contribution in [0.15, 0.2) is 59.6 Å². The molecule has 0 atom stereocenters. The molecular formula is C19H24IN3. The summed E-state index contributed by atoms with van der Waals surface area (Å²) in [6.45, 7) is 2.82. The summed E-state index contributed by atoms with van der Waals surface area (Å²) in [5.74, 6) is 0.493. The van der Waals surface area contributed by atoms with Crippen LogP contribution in [0.3, 0.4) is 0 Å². The molecule has 0 aliphatic heterocycles. The molecule has 0 radical (unpaired) electrons. The number of aryl methyl sites for hydroxylation is 1. The first kappa shape index (κ1) is 17.8. The predicted octanol–water partition coefficient (Wildman–Crippen LogP) is 4.46. The van der Waals surface area contributed by atoms with Crippen LogP contribution in [0.1, 0.15) is 30.4 Å². The van der Waals surface area contributed by atoms with Gasteiger partial charge < -0.3 is 11.1 Å². The first-order valence-corrected chi connectivity index (χ1v) is 7.87. The first-order valence-electron chi connectivity index (χ1n) is 7.87. The van der Waals surface area contributed by atoms with Crippen molar-refractivity contribution in [3.63, 3.8) is 0 Å². The molecule has 1 aliphatic carbocycles. The van der Waals surface area contributed by atoms with Gasteiger partial charge in [-0.25, -0.2) is 0 Å². The molecule has 23 heavy (non-hydrogen) atoms. The fourth-order valence-corrected chi connectivity index (χ4v) is 3.08. The molecular weight excluding hydrogens is 397 g/mol. The van der Waals surface area contributed by atoms with E-state index in [2.05, 4.69) is 59.7 Å². The fraction of sp³-hybridized carbons (Fsp3) is 0.316. The van der Waals surface area contributed by atoms with Gasteiger partial charge in [-0.3, -0.25) is 4.99 Å². The zero-order valence-corrected chi connectivity index (χ0v) is 15.8. The molecule has 122 valence electrons. The summed E-state index contributed by atoms with van der Waals surface area (Å²) in [7, 11) is 0. The molecule has 0 heterocycles. The molecule has 2 aromatic carbocycles. The zero-order valence-electron chi connectivity index (χ0n) is 13.5. The van der Waals surface area contributed by atoms with E-state index in [0.29, 0.717) is 5.96 Å². The number of aliphatic imine (C=N–C) groups is 1. The van der Waals surface area contributed by atoms with Gasteiger partial charge in [0.1, 0.15) is 0 Å². The van der Waals surface area contributed by atoms with Gasteiger partial charge in [0.15, 0.2) is 5.96 Å². The first-order chi connectivity index (χ1) is 10.7. The van der Waals surface area contributed by atoms with Crippen LogP contribution in [-0.2, 0) is 5.41 Å². The Morgan fingerprint density at radius 2 is 1.87 bits per heavy atom. The van der Waals surface area contributed by atoms with Crippen molar-refractivity contribution in [2.24, 2.45) is 10.7 Å². The van der Waals surface area contributed by atoms with Crippen LogP contribution in [0.2, 0.25) is 0 Å². The average molecular weight is 421 g/mol. The number of anilines is 1. The van der Waals surface area contributed by atoms with Gasteiger partial charge in [-0.05, 0) is 43.0 Å². The quantitative estimate of drug-likeness (QED) is 0.435. The molecule has 3 N–H and O–H groups in total. The maximum Gasteiger partial charge on any atom is 0.193 e. The summed E-state index contributed by atoms with van der Waals surface area (Å²) >= 11 is 0. The normalized spacial score (nSPS) is 16.1. The lowest BCUT2D eigenvalue weighted by Gasteiger charge is -2.41. The Balaban J connectivity index is 0.00000192. The number of hydrogen-bond acceptors (Lipinski definition) is 1. The van der Waals surface area contributed by atoms with Gasteiger partial charge in [-0.15, -0.1) is 24.0 Å². The number of hydrogen-bond donors (Lipinski definition) is 2. The highest BCUT2D eigenvalue weighted by Gasteiger charge is 2.38. The molecule has 4 heteroatoms. The van der Waals surface area contributed by atoms with E-state index in [-0.39, 0.29) is 29.4 Å². The smallest absolute Gasteiger partial charge is 0.193 e. The van der Waals surface area contributed by atoms with Crippen LogP contribution in [0.4, 0.5) is 5.69 Å². The van der Waals surface area contributed by atoms with E-state index in [4.69, 9.17) is 5.73 Å². The van der Waals surface area contributed by atoms with Crippen molar-refractivity contribution < 1.29 is 0 Å². The van der Waals surface area contributed by atoms with E-state index in [0.717, 1.165) is 12.2 Å². The minimum atomic E-state index is 0. The number of nitrogens with two attached hydrogens (primary N) is 1. The predicted molar refractivity (Wildman–Crippen MR) is 109 cm³/mol. The molecule has 3 nitrogen and oxygen atoms in total. The largest absolute Gasteiger partial charge is 0.370 e. The molecule has 0 spiro atoms. The Morgan fingerprint density at radius 1 is 1.13 bits per heavy atom. The fourth-order valence-electron chi connectivity index (χ4n) is 3.08. The van der Waals surface area contributed by atoms with Gasteiger partial charge in [-0.2, -0.15) is 0 Å². The van der Waals surface area contributed by atoms with Crippen molar-refractivity contribution in [2.45, 2.75) is 31.6 Å². The molecule has 0 bridgehead atoms. The monoisotopic (exact) mass is 421 g/mol. The highest BCUT2D eigenvalue weighted by atomic mass is 127. The van der Waals surface area contributed by atoms with Crippen LogP contribution in [0, 0.1) is 6.92 Å². The molecule has 1 saturated carbocycles. The van der Waals surface area contributed by atoms with Crippen molar-refractivity contribution in [3.05, 3.63) is 65.7 Å². The highest BCUT2D eigenvalue weighted by molar-refractivity contribution is 14.0. The van der Waals surface area contributed by atoms with E-state index < -0.39 is 0 Å². The lowest BCUT2D eigenvalue weighted by Crippen LogP contribution is -2.38. The average Bonchev–Trinajstić information content (AvgIpc) is 2.47. The maximum atomic E-state index is 6.06. The molecule has 0 saturated heterocycles. The lowest BCUT2D eigenvalue weighted by atomic mass is 9.64. The zero-order chi connectivity index (χ0) is 15.4. The molecule has 0 aromatic heterocycles. The van der Waals surface area contributed by atoms with E-state index in [1.807, 2.05) is 12.1 Å². The van der Waals surface area contributed by atoms with Gasteiger partial charge >= 0.3 is 0 Å². The van der Waals surface area contributed by atoms with E-state index >= 15 is 0 Å². The third kappa shape index (κ3) is 4.25. The topological polar surface area (TPSA) is 50.4 Å². The minimum absolute atomic E-state index is 0. The SMILES string of the molecule is Cc1cccc(NC(N)=NCC2(c3ccccc3)CCC2)c1.I. The Morgan fingerprint density at radius 3 is 2.48 bits per heavy atom. The summed E-state index contributed by atoms with van der Waals surface area (Å²) < 4.78 is 0. The number of halogens is 1. The Labute approximate surface area is 155 Å². The highest BCUT2D eigenvalue weighted by Crippen LogP contribution is 2.43. The number of benzene rings is 2. The molecule has 3 rings (SSSR count). The van der Waals surface area contributed by atoms with Gasteiger partial charge in [0.25, 0.3) is 0 Å². The van der Waals surface area contributed by atoms with Crippen LogP contribution in [0.5, 0.6) is 0 Å². The molecule has 1 fully saturated rings. The van der Waals surface area contributed by atoms with Gasteiger partial charge in [-0.1, -0.05) is 48.9 Å². The van der Waals surface area contributed by atoms with E-state index in [9.17, 15) is 0 Å². The third-order valence-corrected chi connectivity index (χ3v) is 4.54. The van der Waals surface area contributed by atoms with Crippen LogP contribution in [0.25, 0.3) is 0 Å². The van der Waals surface area contributed by atoms with Crippen LogP contribution in [-0.4, -0.2) is 12.5 Å². The number of rotatable bonds is 4. The number of guanidine groups is 1. The summed E-state index contributed by atoms with van der Waals surface area (Å²) in [6, 6.07) is 18.8. The van der Waals surface area contributed by atoms with Crippen molar-refractivity contribution in [1.82, 2.24) is 0 Å². The van der Waals surface area contributed by atoms with Crippen molar-refractivity contribution >= 4 is 35.6 Å². The van der Waals surface area contributed by atoms with Crippen molar-refractivity contribution in [1.29, 1.82) is 0 Å². The summed E-state index contributed by atoms with van der Waals surface area (Å²) in [5, 5.41) is 3.18. The van der Waals surface area contributed by atoms with Crippen molar-refractivity contribution in [2.75, 3.05) is 11.9 Å². The van der Waals surface area contributed by atoms with Gasteiger partial charge in [0, 0.05) is 11.1 Å². The van der Waals surface area contributed by atoms with Crippen molar-refractivity contribution in [3.8, 4) is 0 Å². The molecule has 2 aromatic rings. The Bertz CT molecular complexity index is 663.